The summed E-state index contributed by atoms with van der Waals surface area (Å²) in [4.78, 5) is 12.7. The number of aromatic amines is 1. The minimum atomic E-state index is -0.132. The van der Waals surface area contributed by atoms with Gasteiger partial charge in [-0.2, -0.15) is 0 Å². The topological polar surface area (TPSA) is 35.2 Å². The summed E-state index contributed by atoms with van der Waals surface area (Å²) in [6.07, 6.45) is 0. The van der Waals surface area contributed by atoms with Crippen LogP contribution in [0, 0.1) is 5.82 Å². The monoisotopic (exact) mass is 402 g/mol. The Morgan fingerprint density at radius 1 is 1.00 bits per heavy atom. The first kappa shape index (κ1) is 16.7. The van der Waals surface area contributed by atoms with Gasteiger partial charge in [-0.15, -0.1) is 0 Å². The number of benzene rings is 2. The van der Waals surface area contributed by atoms with Crippen LogP contribution in [0.4, 0.5) is 4.39 Å². The summed E-state index contributed by atoms with van der Waals surface area (Å²) >= 11 is 3.42. The maximum absolute atomic E-state index is 13.9. The third-order valence-corrected chi connectivity index (χ3v) is 5.17. The van der Waals surface area contributed by atoms with Gasteiger partial charge in [-0.1, -0.05) is 28.1 Å². The highest BCUT2D eigenvalue weighted by atomic mass is 79.9. The highest BCUT2D eigenvalue weighted by Gasteiger charge is 2.19. The standard InChI is InChI=1S/C19H20BrFN4/c20-15-5-6-16(21)14(11-15)12-24-7-9-25(10-8-24)13-19-22-17-3-1-2-4-18(17)23-19/h1-6,11H,7-10,12-13H2,(H,22,23). The van der Waals surface area contributed by atoms with Crippen LogP contribution >= 0.6 is 15.9 Å². The first-order valence-electron chi connectivity index (χ1n) is 8.50. The quantitative estimate of drug-likeness (QED) is 0.720. The fraction of sp³-hybridized carbons (Fsp3) is 0.316. The molecular weight excluding hydrogens is 383 g/mol. The first-order chi connectivity index (χ1) is 12.2. The van der Waals surface area contributed by atoms with Crippen LogP contribution in [0.3, 0.4) is 0 Å². The maximum atomic E-state index is 13.9. The number of imidazole rings is 1. The van der Waals surface area contributed by atoms with Gasteiger partial charge < -0.3 is 4.98 Å². The van der Waals surface area contributed by atoms with Crippen LogP contribution < -0.4 is 0 Å². The molecule has 25 heavy (non-hydrogen) atoms. The largest absolute Gasteiger partial charge is 0.341 e. The predicted octanol–water partition coefficient (Wildman–Crippen LogP) is 3.78. The van der Waals surface area contributed by atoms with Gasteiger partial charge in [-0.3, -0.25) is 9.80 Å². The lowest BCUT2D eigenvalue weighted by molar-refractivity contribution is 0.119. The van der Waals surface area contributed by atoms with Crippen molar-refractivity contribution in [3.05, 3.63) is 64.1 Å². The van der Waals surface area contributed by atoms with Crippen molar-refractivity contribution in [3.8, 4) is 0 Å². The Hall–Kier alpha value is -1.76. The van der Waals surface area contributed by atoms with Crippen molar-refractivity contribution in [1.82, 2.24) is 19.8 Å². The zero-order valence-electron chi connectivity index (χ0n) is 13.9. The van der Waals surface area contributed by atoms with E-state index in [1.54, 1.807) is 6.07 Å². The second-order valence-electron chi connectivity index (χ2n) is 6.49. The Kier molecular flexibility index (Phi) is 4.83. The molecule has 4 rings (SSSR count). The zero-order chi connectivity index (χ0) is 17.2. The van der Waals surface area contributed by atoms with Gasteiger partial charge in [-0.25, -0.2) is 9.37 Å². The van der Waals surface area contributed by atoms with Crippen molar-refractivity contribution >= 4 is 27.0 Å². The van der Waals surface area contributed by atoms with E-state index >= 15 is 0 Å². The van der Waals surface area contributed by atoms with Gasteiger partial charge in [0.15, 0.2) is 0 Å². The van der Waals surface area contributed by atoms with Crippen molar-refractivity contribution in [2.24, 2.45) is 0 Å². The van der Waals surface area contributed by atoms with E-state index in [0.717, 1.165) is 59.6 Å². The maximum Gasteiger partial charge on any atom is 0.127 e. The second-order valence-corrected chi connectivity index (χ2v) is 7.40. The zero-order valence-corrected chi connectivity index (χ0v) is 15.5. The molecular formula is C19H20BrFN4. The Balaban J connectivity index is 1.34. The van der Waals surface area contributed by atoms with Gasteiger partial charge in [0.2, 0.25) is 0 Å². The normalized spacial score (nSPS) is 16.6. The van der Waals surface area contributed by atoms with Gasteiger partial charge >= 0.3 is 0 Å². The van der Waals surface area contributed by atoms with Crippen molar-refractivity contribution < 1.29 is 4.39 Å². The van der Waals surface area contributed by atoms with E-state index in [1.165, 1.54) is 6.07 Å². The molecule has 1 aliphatic rings. The highest BCUT2D eigenvalue weighted by Crippen LogP contribution is 2.18. The van der Waals surface area contributed by atoms with E-state index in [-0.39, 0.29) is 5.82 Å². The molecule has 1 aromatic heterocycles. The predicted molar refractivity (Wildman–Crippen MR) is 101 cm³/mol. The summed E-state index contributed by atoms with van der Waals surface area (Å²) < 4.78 is 14.8. The minimum Gasteiger partial charge on any atom is -0.341 e. The molecule has 2 aromatic carbocycles. The molecule has 1 aliphatic heterocycles. The average Bonchev–Trinajstić information content (AvgIpc) is 3.02. The fourth-order valence-electron chi connectivity index (χ4n) is 3.30. The number of halogens is 2. The molecule has 4 nitrogen and oxygen atoms in total. The molecule has 130 valence electrons. The van der Waals surface area contributed by atoms with E-state index < -0.39 is 0 Å². The molecule has 0 bridgehead atoms. The summed E-state index contributed by atoms with van der Waals surface area (Å²) in [7, 11) is 0. The Labute approximate surface area is 154 Å². The minimum absolute atomic E-state index is 0.132. The first-order valence-corrected chi connectivity index (χ1v) is 9.29. The molecule has 1 fully saturated rings. The molecule has 0 saturated carbocycles. The summed E-state index contributed by atoms with van der Waals surface area (Å²) in [6.45, 7) is 5.29. The molecule has 0 aliphatic carbocycles. The summed E-state index contributed by atoms with van der Waals surface area (Å²) in [5.41, 5.74) is 2.85. The number of para-hydroxylation sites is 2. The molecule has 1 N–H and O–H groups in total. The van der Waals surface area contributed by atoms with Gasteiger partial charge in [0.25, 0.3) is 0 Å². The highest BCUT2D eigenvalue weighted by molar-refractivity contribution is 9.10. The lowest BCUT2D eigenvalue weighted by Gasteiger charge is -2.34. The third kappa shape index (κ3) is 3.92. The van der Waals surface area contributed by atoms with Gasteiger partial charge in [-0.05, 0) is 30.3 Å². The molecule has 1 saturated heterocycles. The van der Waals surface area contributed by atoms with E-state index in [9.17, 15) is 4.39 Å². The van der Waals surface area contributed by atoms with Crippen LogP contribution in [0.25, 0.3) is 11.0 Å². The number of rotatable bonds is 4. The van der Waals surface area contributed by atoms with Crippen LogP contribution in [-0.4, -0.2) is 45.9 Å². The molecule has 0 spiro atoms. The van der Waals surface area contributed by atoms with Crippen LogP contribution in [0.15, 0.2) is 46.9 Å². The average molecular weight is 403 g/mol. The van der Waals surface area contributed by atoms with E-state index in [0.29, 0.717) is 6.54 Å². The fourth-order valence-corrected chi connectivity index (χ4v) is 3.71. The van der Waals surface area contributed by atoms with Crippen molar-refractivity contribution in [1.29, 1.82) is 0 Å². The summed E-state index contributed by atoms with van der Waals surface area (Å²) in [5.74, 6) is 0.876. The van der Waals surface area contributed by atoms with Crippen molar-refractivity contribution in [2.45, 2.75) is 13.1 Å². The molecule has 0 atom stereocenters. The lowest BCUT2D eigenvalue weighted by Crippen LogP contribution is -2.45. The number of nitrogens with zero attached hydrogens (tertiary/aromatic N) is 3. The van der Waals surface area contributed by atoms with Crippen LogP contribution in [-0.2, 0) is 13.1 Å². The number of piperazine rings is 1. The molecule has 0 amide bonds. The number of aromatic nitrogens is 2. The Morgan fingerprint density at radius 3 is 2.48 bits per heavy atom. The third-order valence-electron chi connectivity index (χ3n) is 4.68. The second kappa shape index (κ2) is 7.23. The van der Waals surface area contributed by atoms with Crippen LogP contribution in [0.5, 0.6) is 0 Å². The Bertz CT molecular complexity index is 838. The molecule has 3 aromatic rings. The Morgan fingerprint density at radius 2 is 1.72 bits per heavy atom. The number of H-pyrrole nitrogens is 1. The number of hydrogen-bond donors (Lipinski definition) is 1. The van der Waals surface area contributed by atoms with Crippen LogP contribution in [0.1, 0.15) is 11.4 Å². The molecule has 6 heteroatoms. The number of nitrogens with one attached hydrogen (secondary N) is 1. The van der Waals surface area contributed by atoms with Crippen molar-refractivity contribution in [2.75, 3.05) is 26.2 Å². The smallest absolute Gasteiger partial charge is 0.127 e. The lowest BCUT2D eigenvalue weighted by atomic mass is 10.2. The summed E-state index contributed by atoms with van der Waals surface area (Å²) in [5, 5.41) is 0. The molecule has 0 unspecified atom stereocenters. The van der Waals surface area contributed by atoms with Gasteiger partial charge in [0.1, 0.15) is 11.6 Å². The number of fused-ring (bicyclic) bond motifs is 1. The SMILES string of the molecule is Fc1ccc(Br)cc1CN1CCN(Cc2nc3ccccc3[nH]2)CC1. The van der Waals surface area contributed by atoms with Crippen LogP contribution in [0.2, 0.25) is 0 Å². The van der Waals surface area contributed by atoms with E-state index in [1.807, 2.05) is 24.3 Å². The number of hydrogen-bond acceptors (Lipinski definition) is 3. The summed E-state index contributed by atoms with van der Waals surface area (Å²) in [6, 6.07) is 13.2. The van der Waals surface area contributed by atoms with Gasteiger partial charge in [0, 0.05) is 42.8 Å². The van der Waals surface area contributed by atoms with Gasteiger partial charge in [0.05, 0.1) is 17.6 Å². The molecule has 0 radical (unpaired) electrons. The molecule has 2 heterocycles. The van der Waals surface area contributed by atoms with E-state index in [4.69, 9.17) is 0 Å². The van der Waals surface area contributed by atoms with E-state index in [2.05, 4.69) is 41.8 Å². The van der Waals surface area contributed by atoms with Crippen molar-refractivity contribution in [3.63, 3.8) is 0 Å².